The van der Waals surface area contributed by atoms with Crippen LogP contribution in [0.4, 0.5) is 0 Å². The van der Waals surface area contributed by atoms with Gasteiger partial charge in [-0.15, -0.1) is 0 Å². The molecule has 1 unspecified atom stereocenters. The van der Waals surface area contributed by atoms with Crippen LogP contribution in [-0.4, -0.2) is 24.5 Å². The molecule has 3 nitrogen and oxygen atoms in total. The van der Waals surface area contributed by atoms with Gasteiger partial charge in [-0.2, -0.15) is 10.2 Å². The van der Waals surface area contributed by atoms with Gasteiger partial charge in [0.05, 0.1) is 5.71 Å². The lowest BCUT2D eigenvalue weighted by Gasteiger charge is -2.07. The molecule has 0 saturated carbocycles. The SMILES string of the molecule is CNC(C)C1=NN=C(C)C1. The van der Waals surface area contributed by atoms with E-state index in [2.05, 4.69) is 22.4 Å². The van der Waals surface area contributed by atoms with Crippen LogP contribution in [0.3, 0.4) is 0 Å². The normalized spacial score (nSPS) is 20.3. The Balaban J connectivity index is 2.49. The van der Waals surface area contributed by atoms with Crippen LogP contribution in [-0.2, 0) is 0 Å². The summed E-state index contributed by atoms with van der Waals surface area (Å²) in [5.41, 5.74) is 2.25. The van der Waals surface area contributed by atoms with Crippen molar-refractivity contribution in [3.63, 3.8) is 0 Å². The van der Waals surface area contributed by atoms with Crippen LogP contribution in [0.2, 0.25) is 0 Å². The number of nitrogens with one attached hydrogen (secondary N) is 1. The van der Waals surface area contributed by atoms with Crippen molar-refractivity contribution in [2.24, 2.45) is 10.2 Å². The van der Waals surface area contributed by atoms with E-state index in [4.69, 9.17) is 0 Å². The second-order valence-corrected chi connectivity index (χ2v) is 2.61. The van der Waals surface area contributed by atoms with Crippen LogP contribution < -0.4 is 5.32 Å². The van der Waals surface area contributed by atoms with E-state index >= 15 is 0 Å². The lowest BCUT2D eigenvalue weighted by molar-refractivity contribution is 0.756. The first-order valence-electron chi connectivity index (χ1n) is 3.51. The van der Waals surface area contributed by atoms with Gasteiger partial charge in [0.2, 0.25) is 0 Å². The molecule has 0 amide bonds. The third kappa shape index (κ3) is 1.42. The standard InChI is InChI=1S/C7H13N3/c1-5-4-7(10-9-5)6(2)8-3/h6,8H,4H2,1-3H3. The molecule has 10 heavy (non-hydrogen) atoms. The maximum absolute atomic E-state index is 4.03. The van der Waals surface area contributed by atoms with Crippen LogP contribution >= 0.6 is 0 Å². The van der Waals surface area contributed by atoms with E-state index in [1.807, 2.05) is 14.0 Å². The van der Waals surface area contributed by atoms with E-state index in [0.29, 0.717) is 6.04 Å². The molecule has 0 spiro atoms. The Bertz CT molecular complexity index is 181. The molecule has 0 radical (unpaired) electrons. The molecule has 1 aliphatic heterocycles. The fourth-order valence-electron chi connectivity index (χ4n) is 0.889. The monoisotopic (exact) mass is 139 g/mol. The summed E-state index contributed by atoms with van der Waals surface area (Å²) in [6.45, 7) is 4.09. The molecule has 1 rings (SSSR count). The Hall–Kier alpha value is -0.700. The molecule has 0 aromatic carbocycles. The van der Waals surface area contributed by atoms with Gasteiger partial charge in [-0.3, -0.25) is 0 Å². The summed E-state index contributed by atoms with van der Waals surface area (Å²) in [7, 11) is 1.93. The third-order valence-corrected chi connectivity index (χ3v) is 1.72. The highest BCUT2D eigenvalue weighted by molar-refractivity contribution is 6.08. The molecule has 3 heteroatoms. The first-order chi connectivity index (χ1) is 4.74. The fraction of sp³-hybridized carbons (Fsp3) is 0.714. The third-order valence-electron chi connectivity index (χ3n) is 1.72. The molecule has 0 aliphatic carbocycles. The highest BCUT2D eigenvalue weighted by atomic mass is 15.2. The predicted molar refractivity (Wildman–Crippen MR) is 43.7 cm³/mol. The zero-order valence-electron chi connectivity index (χ0n) is 6.68. The van der Waals surface area contributed by atoms with Gasteiger partial charge >= 0.3 is 0 Å². The van der Waals surface area contributed by atoms with Gasteiger partial charge in [-0.25, -0.2) is 0 Å². The maximum atomic E-state index is 4.03. The van der Waals surface area contributed by atoms with E-state index in [-0.39, 0.29) is 0 Å². The average Bonchev–Trinajstić information content (AvgIpc) is 2.34. The van der Waals surface area contributed by atoms with Crippen molar-refractivity contribution in [1.82, 2.24) is 5.32 Å². The first kappa shape index (κ1) is 7.41. The van der Waals surface area contributed by atoms with Crippen molar-refractivity contribution in [3.8, 4) is 0 Å². The van der Waals surface area contributed by atoms with Gasteiger partial charge in [0, 0.05) is 18.2 Å². The highest BCUT2D eigenvalue weighted by Crippen LogP contribution is 2.04. The van der Waals surface area contributed by atoms with Crippen LogP contribution in [0.5, 0.6) is 0 Å². The Morgan fingerprint density at radius 3 is 2.60 bits per heavy atom. The van der Waals surface area contributed by atoms with E-state index in [0.717, 1.165) is 17.8 Å². The summed E-state index contributed by atoms with van der Waals surface area (Å²) in [4.78, 5) is 0. The van der Waals surface area contributed by atoms with E-state index < -0.39 is 0 Å². The van der Waals surface area contributed by atoms with E-state index in [9.17, 15) is 0 Å². The van der Waals surface area contributed by atoms with Crippen molar-refractivity contribution in [2.75, 3.05) is 7.05 Å². The lowest BCUT2D eigenvalue weighted by Crippen LogP contribution is -2.30. The van der Waals surface area contributed by atoms with Crippen molar-refractivity contribution in [1.29, 1.82) is 0 Å². The molecule has 1 aliphatic rings. The summed E-state index contributed by atoms with van der Waals surface area (Å²) in [6, 6.07) is 0.362. The van der Waals surface area contributed by atoms with Crippen molar-refractivity contribution >= 4 is 11.4 Å². The minimum absolute atomic E-state index is 0.362. The van der Waals surface area contributed by atoms with Crippen LogP contribution in [0.15, 0.2) is 10.2 Å². The lowest BCUT2D eigenvalue weighted by atomic mass is 10.1. The van der Waals surface area contributed by atoms with Crippen LogP contribution in [0.1, 0.15) is 20.3 Å². The molecule has 0 aromatic rings. The second kappa shape index (κ2) is 2.92. The minimum atomic E-state index is 0.362. The molecule has 0 aromatic heterocycles. The second-order valence-electron chi connectivity index (χ2n) is 2.61. The van der Waals surface area contributed by atoms with Crippen molar-refractivity contribution < 1.29 is 0 Å². The zero-order chi connectivity index (χ0) is 7.56. The summed E-state index contributed by atoms with van der Waals surface area (Å²) in [5, 5.41) is 11.1. The Labute approximate surface area is 61.2 Å². The smallest absolute Gasteiger partial charge is 0.0628 e. The number of nitrogens with zero attached hydrogens (tertiary/aromatic N) is 2. The molecule has 0 saturated heterocycles. The summed E-state index contributed by atoms with van der Waals surface area (Å²) >= 11 is 0. The molecule has 1 heterocycles. The van der Waals surface area contributed by atoms with Gasteiger partial charge < -0.3 is 5.32 Å². The van der Waals surface area contributed by atoms with Gasteiger partial charge in [0.1, 0.15) is 0 Å². The molecular formula is C7H13N3. The average molecular weight is 139 g/mol. The van der Waals surface area contributed by atoms with Crippen molar-refractivity contribution in [3.05, 3.63) is 0 Å². The van der Waals surface area contributed by atoms with Gasteiger partial charge in [0.15, 0.2) is 0 Å². The molecule has 1 N–H and O–H groups in total. The minimum Gasteiger partial charge on any atom is -0.312 e. The molecular weight excluding hydrogens is 126 g/mol. The highest BCUT2D eigenvalue weighted by Gasteiger charge is 2.13. The number of hydrogen-bond acceptors (Lipinski definition) is 3. The largest absolute Gasteiger partial charge is 0.312 e. The van der Waals surface area contributed by atoms with E-state index in [1.54, 1.807) is 0 Å². The molecule has 56 valence electrons. The summed E-state index contributed by atoms with van der Waals surface area (Å²) < 4.78 is 0. The molecule has 0 fully saturated rings. The first-order valence-corrected chi connectivity index (χ1v) is 3.51. The van der Waals surface area contributed by atoms with Gasteiger partial charge in [-0.1, -0.05) is 0 Å². The quantitative estimate of drug-likeness (QED) is 0.604. The number of rotatable bonds is 2. The summed E-state index contributed by atoms with van der Waals surface area (Å²) in [6.07, 6.45) is 0.933. The van der Waals surface area contributed by atoms with Gasteiger partial charge in [0.25, 0.3) is 0 Å². The predicted octanol–water partition coefficient (Wildman–Crippen LogP) is 0.815. The Morgan fingerprint density at radius 1 is 1.50 bits per heavy atom. The zero-order valence-corrected chi connectivity index (χ0v) is 6.68. The number of hydrogen-bond donors (Lipinski definition) is 1. The van der Waals surface area contributed by atoms with Gasteiger partial charge in [-0.05, 0) is 20.9 Å². The topological polar surface area (TPSA) is 36.8 Å². The Kier molecular flexibility index (Phi) is 2.17. The van der Waals surface area contributed by atoms with Crippen LogP contribution in [0, 0.1) is 0 Å². The summed E-state index contributed by atoms with van der Waals surface area (Å²) in [5.74, 6) is 0. The molecule has 1 atom stereocenters. The van der Waals surface area contributed by atoms with Crippen LogP contribution in [0.25, 0.3) is 0 Å². The molecule has 0 bridgehead atoms. The van der Waals surface area contributed by atoms with E-state index in [1.165, 1.54) is 0 Å². The maximum Gasteiger partial charge on any atom is 0.0628 e. The fourth-order valence-corrected chi connectivity index (χ4v) is 0.889. The Morgan fingerprint density at radius 2 is 2.20 bits per heavy atom. The van der Waals surface area contributed by atoms with Crippen molar-refractivity contribution in [2.45, 2.75) is 26.3 Å².